The highest BCUT2D eigenvalue weighted by molar-refractivity contribution is 7.15. The van der Waals surface area contributed by atoms with Gasteiger partial charge in [0, 0.05) is 17.4 Å². The molecule has 1 N–H and O–H groups in total. The standard InChI is InChI=1S/C29H35NO5S/c1-6-29(3,4)21-12-16-23(17-13-21)35-18-8-9-25(31)30-27-26(28(32)34-7-2)24(19-36-27)20-10-14-22(33-5)15-11-20/h10-17,19H,6-9,18H2,1-5H3,(H,30,31). The van der Waals surface area contributed by atoms with Crippen molar-refractivity contribution in [2.24, 2.45) is 0 Å². The summed E-state index contributed by atoms with van der Waals surface area (Å²) in [6.45, 7) is 9.06. The van der Waals surface area contributed by atoms with Crippen molar-refractivity contribution in [1.29, 1.82) is 0 Å². The van der Waals surface area contributed by atoms with E-state index in [1.807, 2.05) is 41.8 Å². The molecule has 1 amide bonds. The molecule has 0 unspecified atom stereocenters. The molecule has 192 valence electrons. The first-order chi connectivity index (χ1) is 17.3. The molecule has 0 aliphatic rings. The number of hydrogen-bond donors (Lipinski definition) is 1. The third-order valence-corrected chi connectivity index (χ3v) is 7.16. The molecule has 6 nitrogen and oxygen atoms in total. The molecule has 0 aliphatic carbocycles. The minimum absolute atomic E-state index is 0.133. The first kappa shape index (κ1) is 27.3. The number of hydrogen-bond acceptors (Lipinski definition) is 6. The van der Waals surface area contributed by atoms with E-state index in [9.17, 15) is 9.59 Å². The van der Waals surface area contributed by atoms with Gasteiger partial charge in [-0.05, 0) is 60.6 Å². The van der Waals surface area contributed by atoms with Gasteiger partial charge in [-0.15, -0.1) is 11.3 Å². The van der Waals surface area contributed by atoms with Crippen molar-refractivity contribution in [3.05, 3.63) is 65.0 Å². The number of benzene rings is 2. The molecule has 0 saturated carbocycles. The fraction of sp³-hybridized carbons (Fsp3) is 0.379. The normalized spacial score (nSPS) is 11.1. The molecule has 2 aromatic carbocycles. The number of methoxy groups -OCH3 is 1. The number of esters is 1. The second-order valence-corrected chi connectivity index (χ2v) is 9.94. The zero-order chi connectivity index (χ0) is 26.1. The van der Waals surface area contributed by atoms with Gasteiger partial charge in [0.1, 0.15) is 22.1 Å². The molecule has 7 heteroatoms. The minimum Gasteiger partial charge on any atom is -0.497 e. The van der Waals surface area contributed by atoms with E-state index < -0.39 is 5.97 Å². The lowest BCUT2D eigenvalue weighted by Gasteiger charge is -2.23. The van der Waals surface area contributed by atoms with E-state index in [1.165, 1.54) is 16.9 Å². The molecule has 1 aromatic heterocycles. The highest BCUT2D eigenvalue weighted by Gasteiger charge is 2.23. The molecular weight excluding hydrogens is 474 g/mol. The second kappa shape index (κ2) is 12.6. The maximum atomic E-state index is 12.7. The van der Waals surface area contributed by atoms with E-state index >= 15 is 0 Å². The fourth-order valence-corrected chi connectivity index (χ4v) is 4.63. The van der Waals surface area contributed by atoms with Gasteiger partial charge >= 0.3 is 5.97 Å². The van der Waals surface area contributed by atoms with Crippen molar-refractivity contribution in [1.82, 2.24) is 0 Å². The minimum atomic E-state index is -0.460. The molecule has 0 fully saturated rings. The first-order valence-corrected chi connectivity index (χ1v) is 13.1. The highest BCUT2D eigenvalue weighted by atomic mass is 32.1. The average molecular weight is 510 g/mol. The van der Waals surface area contributed by atoms with E-state index in [2.05, 4.69) is 38.2 Å². The summed E-state index contributed by atoms with van der Waals surface area (Å²) in [6, 6.07) is 15.6. The number of rotatable bonds is 12. The molecule has 0 spiro atoms. The number of ether oxygens (including phenoxy) is 3. The van der Waals surface area contributed by atoms with E-state index in [0.29, 0.717) is 23.6 Å². The Hall–Kier alpha value is -3.32. The maximum absolute atomic E-state index is 12.7. The van der Waals surface area contributed by atoms with Crippen LogP contribution >= 0.6 is 11.3 Å². The summed E-state index contributed by atoms with van der Waals surface area (Å²) in [5, 5.41) is 5.23. The van der Waals surface area contributed by atoms with Crippen molar-refractivity contribution < 1.29 is 23.8 Å². The summed E-state index contributed by atoms with van der Waals surface area (Å²) in [4.78, 5) is 25.4. The van der Waals surface area contributed by atoms with Crippen LogP contribution in [0.3, 0.4) is 0 Å². The van der Waals surface area contributed by atoms with Crippen LogP contribution in [0.5, 0.6) is 11.5 Å². The summed E-state index contributed by atoms with van der Waals surface area (Å²) in [5.74, 6) is 0.881. The lowest BCUT2D eigenvalue weighted by molar-refractivity contribution is -0.116. The average Bonchev–Trinajstić information content (AvgIpc) is 3.30. The molecule has 0 radical (unpaired) electrons. The van der Waals surface area contributed by atoms with Gasteiger partial charge in [-0.25, -0.2) is 4.79 Å². The summed E-state index contributed by atoms with van der Waals surface area (Å²) < 4.78 is 16.3. The van der Waals surface area contributed by atoms with Crippen LogP contribution in [0.15, 0.2) is 53.9 Å². The largest absolute Gasteiger partial charge is 0.497 e. The predicted molar refractivity (Wildman–Crippen MR) is 145 cm³/mol. The van der Waals surface area contributed by atoms with E-state index in [4.69, 9.17) is 14.2 Å². The van der Waals surface area contributed by atoms with Gasteiger partial charge in [-0.3, -0.25) is 4.79 Å². The van der Waals surface area contributed by atoms with Gasteiger partial charge in [0.05, 0.1) is 20.3 Å². The van der Waals surface area contributed by atoms with Crippen LogP contribution in [0.4, 0.5) is 5.00 Å². The third kappa shape index (κ3) is 6.88. The van der Waals surface area contributed by atoms with Gasteiger partial charge < -0.3 is 19.5 Å². The third-order valence-electron chi connectivity index (χ3n) is 6.26. The van der Waals surface area contributed by atoms with Gasteiger partial charge in [-0.1, -0.05) is 45.0 Å². The molecule has 3 aromatic rings. The number of anilines is 1. The van der Waals surface area contributed by atoms with E-state index in [-0.39, 0.29) is 24.3 Å². The van der Waals surface area contributed by atoms with Gasteiger partial charge in [0.25, 0.3) is 0 Å². The van der Waals surface area contributed by atoms with E-state index in [0.717, 1.165) is 29.0 Å². The Balaban J connectivity index is 1.59. The van der Waals surface area contributed by atoms with Crippen molar-refractivity contribution >= 4 is 28.2 Å². The van der Waals surface area contributed by atoms with Crippen molar-refractivity contribution in [2.45, 2.75) is 52.4 Å². The van der Waals surface area contributed by atoms with Gasteiger partial charge in [0.2, 0.25) is 5.91 Å². The summed E-state index contributed by atoms with van der Waals surface area (Å²) in [5.41, 5.74) is 3.34. The maximum Gasteiger partial charge on any atom is 0.341 e. The number of carbonyl (C=O) groups excluding carboxylic acids is 2. The SMILES string of the molecule is CCOC(=O)c1c(-c2ccc(OC)cc2)csc1NC(=O)CCCOc1ccc(C(C)(C)CC)cc1. The topological polar surface area (TPSA) is 73.9 Å². The smallest absolute Gasteiger partial charge is 0.341 e. The van der Waals surface area contributed by atoms with Crippen LogP contribution in [0.2, 0.25) is 0 Å². The van der Waals surface area contributed by atoms with Crippen molar-refractivity contribution in [2.75, 3.05) is 25.6 Å². The number of carbonyl (C=O) groups is 2. The van der Waals surface area contributed by atoms with Crippen LogP contribution < -0.4 is 14.8 Å². The van der Waals surface area contributed by atoms with Crippen LogP contribution in [0, 0.1) is 0 Å². The Bertz CT molecular complexity index is 1150. The Labute approximate surface area is 217 Å². The van der Waals surface area contributed by atoms with Crippen LogP contribution in [-0.4, -0.2) is 32.2 Å². The highest BCUT2D eigenvalue weighted by Crippen LogP contribution is 2.37. The second-order valence-electron chi connectivity index (χ2n) is 9.06. The Morgan fingerprint density at radius 2 is 1.64 bits per heavy atom. The lowest BCUT2D eigenvalue weighted by atomic mass is 9.82. The molecule has 0 saturated heterocycles. The lowest BCUT2D eigenvalue weighted by Crippen LogP contribution is -2.15. The fourth-order valence-electron chi connectivity index (χ4n) is 3.66. The number of nitrogens with one attached hydrogen (secondary N) is 1. The number of thiophene rings is 1. The number of amides is 1. The Morgan fingerprint density at radius 3 is 2.25 bits per heavy atom. The molecule has 3 rings (SSSR count). The Kier molecular flexibility index (Phi) is 9.53. The molecule has 1 heterocycles. The Morgan fingerprint density at radius 1 is 0.972 bits per heavy atom. The summed E-state index contributed by atoms with van der Waals surface area (Å²) in [6.07, 6.45) is 1.89. The zero-order valence-electron chi connectivity index (χ0n) is 21.7. The molecule has 0 bridgehead atoms. The van der Waals surface area contributed by atoms with Gasteiger partial charge in [-0.2, -0.15) is 0 Å². The summed E-state index contributed by atoms with van der Waals surface area (Å²) >= 11 is 1.31. The molecule has 0 atom stereocenters. The zero-order valence-corrected chi connectivity index (χ0v) is 22.5. The van der Waals surface area contributed by atoms with Crippen molar-refractivity contribution in [3.8, 4) is 22.6 Å². The monoisotopic (exact) mass is 509 g/mol. The molecular formula is C29H35NO5S. The molecule has 0 aliphatic heterocycles. The van der Waals surface area contributed by atoms with Crippen LogP contribution in [0.1, 0.15) is 62.9 Å². The first-order valence-electron chi connectivity index (χ1n) is 12.2. The van der Waals surface area contributed by atoms with Crippen LogP contribution in [-0.2, 0) is 14.9 Å². The molecule has 36 heavy (non-hydrogen) atoms. The predicted octanol–water partition coefficient (Wildman–Crippen LogP) is 7.09. The quantitative estimate of drug-likeness (QED) is 0.208. The van der Waals surface area contributed by atoms with E-state index in [1.54, 1.807) is 14.0 Å². The van der Waals surface area contributed by atoms with Gasteiger partial charge in [0.15, 0.2) is 0 Å². The summed E-state index contributed by atoms with van der Waals surface area (Å²) in [7, 11) is 1.60. The van der Waals surface area contributed by atoms with Crippen molar-refractivity contribution in [3.63, 3.8) is 0 Å². The van der Waals surface area contributed by atoms with Crippen LogP contribution in [0.25, 0.3) is 11.1 Å².